The van der Waals surface area contributed by atoms with E-state index in [1.54, 1.807) is 13.8 Å². The van der Waals surface area contributed by atoms with Crippen LogP contribution in [-0.2, 0) is 10.0 Å². The Hall–Kier alpha value is -3.79. The number of nitrogens with one attached hydrogen (secondary N) is 3. The van der Waals surface area contributed by atoms with Crippen molar-refractivity contribution in [1.82, 2.24) is 5.16 Å². The second-order valence-corrected chi connectivity index (χ2v) is 8.67. The second kappa shape index (κ2) is 7.80. The lowest BCUT2D eigenvalue weighted by atomic mass is 10.2. The summed E-state index contributed by atoms with van der Waals surface area (Å²) in [6.45, 7) is 5.28. The number of carbonyl (C=O) groups excluding carboxylic acids is 1. The highest BCUT2D eigenvalue weighted by atomic mass is 32.2. The Morgan fingerprint density at radius 2 is 1.61 bits per heavy atom. The predicted molar refractivity (Wildman–Crippen MR) is 117 cm³/mol. The molecule has 4 rings (SSSR count). The standard InChI is InChI=1S/C21H20N4O5S/c1-12-14(3)24-30-20(12)25-31(27,28)16-10-8-15(9-11-16)22-21(26)23-19-13(2)17-6-4-5-7-18(17)29-19/h4-11,25H,1-3H3,(H2,22,23,26). The van der Waals surface area contributed by atoms with Crippen molar-refractivity contribution < 1.29 is 22.2 Å². The highest BCUT2D eigenvalue weighted by Crippen LogP contribution is 2.29. The van der Waals surface area contributed by atoms with Gasteiger partial charge in [-0.2, -0.15) is 0 Å². The van der Waals surface area contributed by atoms with E-state index in [4.69, 9.17) is 8.94 Å². The Bertz CT molecular complexity index is 1370. The van der Waals surface area contributed by atoms with Gasteiger partial charge in [0.15, 0.2) is 0 Å². The summed E-state index contributed by atoms with van der Waals surface area (Å²) in [5, 5.41) is 9.96. The number of furan rings is 1. The van der Waals surface area contributed by atoms with Gasteiger partial charge >= 0.3 is 6.03 Å². The molecule has 10 heteroatoms. The summed E-state index contributed by atoms with van der Waals surface area (Å²) in [4.78, 5) is 12.4. The van der Waals surface area contributed by atoms with E-state index in [2.05, 4.69) is 20.5 Å². The van der Waals surface area contributed by atoms with Gasteiger partial charge in [0, 0.05) is 22.2 Å². The average Bonchev–Trinajstić information content (AvgIpc) is 3.22. The Labute approximate surface area is 178 Å². The van der Waals surface area contributed by atoms with Gasteiger partial charge in [-0.3, -0.25) is 5.32 Å². The first-order chi connectivity index (χ1) is 14.7. The minimum atomic E-state index is -3.86. The van der Waals surface area contributed by atoms with Crippen molar-refractivity contribution in [3.05, 3.63) is 65.4 Å². The van der Waals surface area contributed by atoms with E-state index in [1.165, 1.54) is 24.3 Å². The number of carbonyl (C=O) groups is 1. The number of aryl methyl sites for hydroxylation is 2. The van der Waals surface area contributed by atoms with Crippen molar-refractivity contribution in [3.8, 4) is 0 Å². The lowest BCUT2D eigenvalue weighted by molar-refractivity contribution is 0.261. The summed E-state index contributed by atoms with van der Waals surface area (Å²) in [5.41, 5.74) is 3.12. The molecule has 0 atom stereocenters. The van der Waals surface area contributed by atoms with Gasteiger partial charge in [0.05, 0.1) is 10.6 Å². The van der Waals surface area contributed by atoms with E-state index in [-0.39, 0.29) is 10.8 Å². The molecule has 160 valence electrons. The largest absolute Gasteiger partial charge is 0.440 e. The molecule has 4 aromatic rings. The molecule has 0 saturated carbocycles. The molecule has 0 spiro atoms. The summed E-state index contributed by atoms with van der Waals surface area (Å²) < 4.78 is 38.1. The molecule has 0 unspecified atom stereocenters. The molecule has 0 aliphatic heterocycles. The number of para-hydroxylation sites is 1. The zero-order chi connectivity index (χ0) is 22.2. The maximum atomic E-state index is 12.5. The number of aromatic nitrogens is 1. The number of hydrogen-bond acceptors (Lipinski definition) is 6. The van der Waals surface area contributed by atoms with Crippen molar-refractivity contribution in [2.45, 2.75) is 25.7 Å². The second-order valence-electron chi connectivity index (χ2n) is 6.98. The minimum Gasteiger partial charge on any atom is -0.440 e. The van der Waals surface area contributed by atoms with Crippen molar-refractivity contribution in [2.75, 3.05) is 15.4 Å². The Kier molecular flexibility index (Phi) is 5.15. The summed E-state index contributed by atoms with van der Waals surface area (Å²) in [6.07, 6.45) is 0. The minimum absolute atomic E-state index is 0.0139. The van der Waals surface area contributed by atoms with E-state index in [1.807, 2.05) is 31.2 Å². The van der Waals surface area contributed by atoms with Gasteiger partial charge in [0.25, 0.3) is 10.0 Å². The number of benzene rings is 2. The Morgan fingerprint density at radius 3 is 2.26 bits per heavy atom. The van der Waals surface area contributed by atoms with E-state index < -0.39 is 16.1 Å². The van der Waals surface area contributed by atoms with Crippen LogP contribution in [0.4, 0.5) is 22.3 Å². The lowest BCUT2D eigenvalue weighted by Crippen LogP contribution is -2.19. The van der Waals surface area contributed by atoms with Gasteiger partial charge in [-0.15, -0.1) is 0 Å². The highest BCUT2D eigenvalue weighted by molar-refractivity contribution is 7.92. The van der Waals surface area contributed by atoms with E-state index in [0.717, 1.165) is 10.9 Å². The lowest BCUT2D eigenvalue weighted by Gasteiger charge is -2.09. The molecule has 2 heterocycles. The summed E-state index contributed by atoms with van der Waals surface area (Å²) in [6, 6.07) is 12.7. The third kappa shape index (κ3) is 4.10. The van der Waals surface area contributed by atoms with Crippen LogP contribution < -0.4 is 15.4 Å². The SMILES string of the molecule is Cc1noc(NS(=O)(=O)c2ccc(NC(=O)Nc3oc4ccccc4c3C)cc2)c1C. The molecule has 0 fully saturated rings. The fraction of sp³-hybridized carbons (Fsp3) is 0.143. The van der Waals surface area contributed by atoms with E-state index in [0.29, 0.717) is 28.4 Å². The topological polar surface area (TPSA) is 126 Å². The molecule has 3 N–H and O–H groups in total. The number of fused-ring (bicyclic) bond motifs is 1. The van der Waals surface area contributed by atoms with Crippen LogP contribution in [0, 0.1) is 20.8 Å². The first-order valence-corrected chi connectivity index (χ1v) is 10.8. The summed E-state index contributed by atoms with van der Waals surface area (Å²) in [7, 11) is -3.86. The molecule has 2 aromatic heterocycles. The van der Waals surface area contributed by atoms with E-state index >= 15 is 0 Å². The quantitative estimate of drug-likeness (QED) is 0.409. The van der Waals surface area contributed by atoms with Crippen molar-refractivity contribution in [3.63, 3.8) is 0 Å². The number of sulfonamides is 1. The number of nitrogens with zero attached hydrogens (tertiary/aromatic N) is 1. The van der Waals surface area contributed by atoms with Gasteiger partial charge in [0.1, 0.15) is 5.58 Å². The van der Waals surface area contributed by atoms with Crippen LogP contribution in [0.5, 0.6) is 0 Å². The van der Waals surface area contributed by atoms with Gasteiger partial charge < -0.3 is 14.3 Å². The summed E-state index contributed by atoms with van der Waals surface area (Å²) in [5.74, 6) is 0.417. The molecule has 0 aliphatic carbocycles. The highest BCUT2D eigenvalue weighted by Gasteiger charge is 2.19. The first kappa shape index (κ1) is 20.5. The van der Waals surface area contributed by atoms with Crippen LogP contribution in [0.15, 0.2) is 62.4 Å². The monoisotopic (exact) mass is 440 g/mol. The molecular formula is C21H20N4O5S. The molecule has 0 bridgehead atoms. The van der Waals surface area contributed by atoms with Crippen LogP contribution >= 0.6 is 0 Å². The fourth-order valence-electron chi connectivity index (χ4n) is 2.97. The van der Waals surface area contributed by atoms with Gasteiger partial charge in [-0.05, 0) is 51.1 Å². The smallest absolute Gasteiger partial charge is 0.326 e. The molecule has 2 amide bonds. The zero-order valence-electron chi connectivity index (χ0n) is 17.0. The van der Waals surface area contributed by atoms with Crippen LogP contribution in [-0.4, -0.2) is 19.6 Å². The normalized spacial score (nSPS) is 11.5. The van der Waals surface area contributed by atoms with Crippen LogP contribution in [0.25, 0.3) is 11.0 Å². The number of hydrogen-bond donors (Lipinski definition) is 3. The van der Waals surface area contributed by atoms with Gasteiger partial charge in [0.2, 0.25) is 11.8 Å². The maximum Gasteiger partial charge on any atom is 0.326 e. The Balaban J connectivity index is 1.44. The van der Waals surface area contributed by atoms with Crippen molar-refractivity contribution in [1.29, 1.82) is 0 Å². The van der Waals surface area contributed by atoms with E-state index in [9.17, 15) is 13.2 Å². The maximum absolute atomic E-state index is 12.5. The number of amides is 2. The van der Waals surface area contributed by atoms with Crippen molar-refractivity contribution in [2.24, 2.45) is 0 Å². The Morgan fingerprint density at radius 1 is 0.903 bits per heavy atom. The fourth-order valence-corrected chi connectivity index (χ4v) is 4.01. The molecule has 0 radical (unpaired) electrons. The number of anilines is 3. The molecular weight excluding hydrogens is 420 g/mol. The number of urea groups is 1. The molecule has 0 aliphatic rings. The third-order valence-corrected chi connectivity index (χ3v) is 6.22. The van der Waals surface area contributed by atoms with Crippen LogP contribution in [0.2, 0.25) is 0 Å². The molecule has 2 aromatic carbocycles. The zero-order valence-corrected chi connectivity index (χ0v) is 17.8. The van der Waals surface area contributed by atoms with Crippen LogP contribution in [0.1, 0.15) is 16.8 Å². The molecule has 31 heavy (non-hydrogen) atoms. The first-order valence-electron chi connectivity index (χ1n) is 9.36. The van der Waals surface area contributed by atoms with Crippen LogP contribution in [0.3, 0.4) is 0 Å². The molecule has 0 saturated heterocycles. The third-order valence-electron chi connectivity index (χ3n) is 4.88. The number of rotatable bonds is 5. The predicted octanol–water partition coefficient (Wildman–Crippen LogP) is 4.79. The van der Waals surface area contributed by atoms with Gasteiger partial charge in [-0.25, -0.2) is 17.9 Å². The summed E-state index contributed by atoms with van der Waals surface area (Å²) >= 11 is 0. The average molecular weight is 440 g/mol. The van der Waals surface area contributed by atoms with Crippen molar-refractivity contribution >= 4 is 44.5 Å². The molecule has 9 nitrogen and oxygen atoms in total. The van der Waals surface area contributed by atoms with Gasteiger partial charge in [-0.1, -0.05) is 23.4 Å².